The highest BCUT2D eigenvalue weighted by molar-refractivity contribution is 5.81. The molecule has 2 heterocycles. The SMILES string of the molecule is CCC(=O)N1CCC[C@H](C(=O)N[C@@H]2CCN([C@@H](C)c3ccccc3)C2)C1. The molecule has 0 aromatic heterocycles. The maximum atomic E-state index is 12.7. The first kappa shape index (κ1) is 18.9. The maximum absolute atomic E-state index is 12.7. The molecule has 2 aliphatic rings. The highest BCUT2D eigenvalue weighted by Crippen LogP contribution is 2.25. The van der Waals surface area contributed by atoms with Crippen LogP contribution < -0.4 is 5.32 Å². The summed E-state index contributed by atoms with van der Waals surface area (Å²) in [5, 5.41) is 3.24. The molecule has 3 atom stereocenters. The van der Waals surface area contributed by atoms with E-state index in [4.69, 9.17) is 0 Å². The van der Waals surface area contributed by atoms with Gasteiger partial charge < -0.3 is 10.2 Å². The van der Waals surface area contributed by atoms with Crippen LogP contribution in [0.15, 0.2) is 30.3 Å². The Hall–Kier alpha value is -1.88. The Labute approximate surface area is 156 Å². The fraction of sp³-hybridized carbons (Fsp3) is 0.619. The molecule has 26 heavy (non-hydrogen) atoms. The third-order valence-electron chi connectivity index (χ3n) is 5.84. The Morgan fingerprint density at radius 1 is 1.15 bits per heavy atom. The van der Waals surface area contributed by atoms with Gasteiger partial charge in [-0.15, -0.1) is 0 Å². The molecular weight excluding hydrogens is 326 g/mol. The fourth-order valence-corrected chi connectivity index (χ4v) is 4.16. The van der Waals surface area contributed by atoms with E-state index < -0.39 is 0 Å². The Morgan fingerprint density at radius 2 is 1.92 bits per heavy atom. The second-order valence-corrected chi connectivity index (χ2v) is 7.61. The van der Waals surface area contributed by atoms with Gasteiger partial charge in [0.05, 0.1) is 5.92 Å². The van der Waals surface area contributed by atoms with E-state index in [0.717, 1.165) is 38.9 Å². The Kier molecular flexibility index (Phi) is 6.30. The summed E-state index contributed by atoms with van der Waals surface area (Å²) in [6.07, 6.45) is 3.32. The van der Waals surface area contributed by atoms with Crippen molar-refractivity contribution in [3.63, 3.8) is 0 Å². The second-order valence-electron chi connectivity index (χ2n) is 7.61. The zero-order valence-corrected chi connectivity index (χ0v) is 16.0. The molecular formula is C21H31N3O2. The van der Waals surface area contributed by atoms with Crippen molar-refractivity contribution in [1.82, 2.24) is 15.1 Å². The molecule has 0 bridgehead atoms. The van der Waals surface area contributed by atoms with Crippen molar-refractivity contribution >= 4 is 11.8 Å². The van der Waals surface area contributed by atoms with Crippen LogP contribution in [0.2, 0.25) is 0 Å². The molecule has 142 valence electrons. The minimum Gasteiger partial charge on any atom is -0.352 e. The number of nitrogens with one attached hydrogen (secondary N) is 1. The average molecular weight is 357 g/mol. The summed E-state index contributed by atoms with van der Waals surface area (Å²) in [6, 6.07) is 11.1. The molecule has 1 aromatic carbocycles. The normalized spacial score (nSPS) is 25.1. The number of carbonyl (C=O) groups is 2. The lowest BCUT2D eigenvalue weighted by Gasteiger charge is -2.32. The van der Waals surface area contributed by atoms with Crippen LogP contribution in [0.4, 0.5) is 0 Å². The van der Waals surface area contributed by atoms with Crippen LogP contribution in [-0.2, 0) is 9.59 Å². The fourth-order valence-electron chi connectivity index (χ4n) is 4.16. The Morgan fingerprint density at radius 3 is 2.65 bits per heavy atom. The van der Waals surface area contributed by atoms with Gasteiger partial charge in [0.15, 0.2) is 0 Å². The van der Waals surface area contributed by atoms with Gasteiger partial charge in [0.2, 0.25) is 11.8 Å². The molecule has 0 saturated carbocycles. The minimum atomic E-state index is -0.0557. The van der Waals surface area contributed by atoms with E-state index in [0.29, 0.717) is 19.0 Å². The second kappa shape index (κ2) is 8.67. The van der Waals surface area contributed by atoms with Crippen molar-refractivity contribution in [2.24, 2.45) is 5.92 Å². The number of benzene rings is 1. The van der Waals surface area contributed by atoms with Crippen molar-refractivity contribution in [2.75, 3.05) is 26.2 Å². The summed E-state index contributed by atoms with van der Waals surface area (Å²) in [5.74, 6) is 0.226. The Bertz CT molecular complexity index is 619. The lowest BCUT2D eigenvalue weighted by Crippen LogP contribution is -2.48. The lowest BCUT2D eigenvalue weighted by molar-refractivity contribution is -0.135. The third-order valence-corrected chi connectivity index (χ3v) is 5.84. The van der Waals surface area contributed by atoms with Crippen molar-refractivity contribution in [2.45, 2.75) is 51.6 Å². The molecule has 1 N–H and O–H groups in total. The van der Waals surface area contributed by atoms with Crippen molar-refractivity contribution < 1.29 is 9.59 Å². The number of piperidine rings is 1. The van der Waals surface area contributed by atoms with Crippen molar-refractivity contribution in [3.05, 3.63) is 35.9 Å². The summed E-state index contributed by atoms with van der Waals surface area (Å²) < 4.78 is 0. The van der Waals surface area contributed by atoms with E-state index in [2.05, 4.69) is 41.4 Å². The van der Waals surface area contributed by atoms with E-state index in [-0.39, 0.29) is 23.8 Å². The monoisotopic (exact) mass is 357 g/mol. The predicted octanol–water partition coefficient (Wildman–Crippen LogP) is 2.59. The Balaban J connectivity index is 1.50. The zero-order valence-electron chi connectivity index (χ0n) is 16.0. The van der Waals surface area contributed by atoms with Crippen LogP contribution in [0, 0.1) is 5.92 Å². The standard InChI is InChI=1S/C21H31N3O2/c1-3-20(25)24-12-7-10-18(14-24)21(26)22-19-11-13-23(15-19)16(2)17-8-5-4-6-9-17/h4-6,8-9,16,18-19H,3,7,10-15H2,1-2H3,(H,22,26)/t16-,18-,19+/m0/s1. The van der Waals surface area contributed by atoms with Crippen LogP contribution in [0.1, 0.15) is 51.1 Å². The van der Waals surface area contributed by atoms with Gasteiger partial charge >= 0.3 is 0 Å². The van der Waals surface area contributed by atoms with Gasteiger partial charge in [0.1, 0.15) is 0 Å². The van der Waals surface area contributed by atoms with Gasteiger partial charge in [-0.25, -0.2) is 0 Å². The van der Waals surface area contributed by atoms with E-state index in [1.807, 2.05) is 17.9 Å². The van der Waals surface area contributed by atoms with E-state index in [9.17, 15) is 9.59 Å². The van der Waals surface area contributed by atoms with Crippen molar-refractivity contribution in [3.8, 4) is 0 Å². The van der Waals surface area contributed by atoms with E-state index in [1.54, 1.807) is 0 Å². The molecule has 0 radical (unpaired) electrons. The highest BCUT2D eigenvalue weighted by atomic mass is 16.2. The van der Waals surface area contributed by atoms with Gasteiger partial charge in [-0.1, -0.05) is 37.3 Å². The quantitative estimate of drug-likeness (QED) is 0.881. The number of rotatable bonds is 5. The first-order valence-corrected chi connectivity index (χ1v) is 9.95. The molecule has 0 unspecified atom stereocenters. The molecule has 2 amide bonds. The number of hydrogen-bond donors (Lipinski definition) is 1. The number of hydrogen-bond acceptors (Lipinski definition) is 3. The molecule has 2 saturated heterocycles. The topological polar surface area (TPSA) is 52.7 Å². The minimum absolute atomic E-state index is 0.0557. The number of likely N-dealkylation sites (tertiary alicyclic amines) is 2. The largest absolute Gasteiger partial charge is 0.352 e. The molecule has 0 spiro atoms. The molecule has 2 fully saturated rings. The summed E-state index contributed by atoms with van der Waals surface area (Å²) in [4.78, 5) is 28.9. The van der Waals surface area contributed by atoms with Crippen LogP contribution in [-0.4, -0.2) is 53.8 Å². The van der Waals surface area contributed by atoms with Gasteiger partial charge in [0, 0.05) is 44.7 Å². The van der Waals surface area contributed by atoms with Crippen molar-refractivity contribution in [1.29, 1.82) is 0 Å². The van der Waals surface area contributed by atoms with Gasteiger partial charge in [-0.2, -0.15) is 0 Å². The highest BCUT2D eigenvalue weighted by Gasteiger charge is 2.32. The zero-order chi connectivity index (χ0) is 18.5. The number of amides is 2. The number of nitrogens with zero attached hydrogens (tertiary/aromatic N) is 2. The van der Waals surface area contributed by atoms with Crippen LogP contribution >= 0.6 is 0 Å². The maximum Gasteiger partial charge on any atom is 0.225 e. The first-order valence-electron chi connectivity index (χ1n) is 9.95. The van der Waals surface area contributed by atoms with E-state index >= 15 is 0 Å². The van der Waals surface area contributed by atoms with Gasteiger partial charge in [-0.3, -0.25) is 14.5 Å². The molecule has 3 rings (SSSR count). The lowest BCUT2D eigenvalue weighted by atomic mass is 9.96. The summed E-state index contributed by atoms with van der Waals surface area (Å²) in [6.45, 7) is 7.39. The molecule has 1 aromatic rings. The van der Waals surface area contributed by atoms with Crippen LogP contribution in [0.5, 0.6) is 0 Å². The number of carbonyl (C=O) groups excluding carboxylic acids is 2. The summed E-state index contributed by atoms with van der Waals surface area (Å²) in [5.41, 5.74) is 1.32. The average Bonchev–Trinajstić information content (AvgIpc) is 3.16. The van der Waals surface area contributed by atoms with Crippen LogP contribution in [0.3, 0.4) is 0 Å². The molecule has 0 aliphatic carbocycles. The first-order chi connectivity index (χ1) is 12.6. The predicted molar refractivity (Wildman–Crippen MR) is 103 cm³/mol. The summed E-state index contributed by atoms with van der Waals surface area (Å²) >= 11 is 0. The van der Waals surface area contributed by atoms with Gasteiger partial charge in [-0.05, 0) is 31.7 Å². The van der Waals surface area contributed by atoms with E-state index in [1.165, 1.54) is 5.56 Å². The smallest absolute Gasteiger partial charge is 0.225 e. The molecule has 2 aliphatic heterocycles. The summed E-state index contributed by atoms with van der Waals surface area (Å²) in [7, 11) is 0. The molecule has 5 nitrogen and oxygen atoms in total. The molecule has 5 heteroatoms. The third kappa shape index (κ3) is 4.44. The van der Waals surface area contributed by atoms with Crippen LogP contribution in [0.25, 0.3) is 0 Å². The van der Waals surface area contributed by atoms with Gasteiger partial charge in [0.25, 0.3) is 0 Å².